The van der Waals surface area contributed by atoms with E-state index in [1.54, 1.807) is 24.4 Å². The zero-order valence-corrected chi connectivity index (χ0v) is 14.9. The number of ether oxygens (including phenoxy) is 1. The summed E-state index contributed by atoms with van der Waals surface area (Å²) in [6.07, 6.45) is 3.65. The normalized spacial score (nSPS) is 14.8. The lowest BCUT2D eigenvalue weighted by molar-refractivity contribution is 0.458. The van der Waals surface area contributed by atoms with Crippen LogP contribution in [0.5, 0.6) is 11.6 Å². The van der Waals surface area contributed by atoms with Crippen molar-refractivity contribution >= 4 is 11.6 Å². The zero-order valence-electron chi connectivity index (χ0n) is 14.9. The quantitative estimate of drug-likeness (QED) is 0.723. The maximum Gasteiger partial charge on any atom is 0.228 e. The summed E-state index contributed by atoms with van der Waals surface area (Å²) in [5.41, 5.74) is 0.948. The third-order valence-corrected chi connectivity index (χ3v) is 4.58. The first kappa shape index (κ1) is 17.3. The molecule has 3 aromatic rings. The number of anilines is 2. The Morgan fingerprint density at radius 1 is 0.963 bits per heavy atom. The highest BCUT2D eigenvalue weighted by atomic mass is 19.1. The van der Waals surface area contributed by atoms with Crippen LogP contribution in [-0.4, -0.2) is 29.1 Å². The average Bonchev–Trinajstić information content (AvgIpc) is 2.71. The highest BCUT2D eigenvalue weighted by Gasteiger charge is 2.21. The maximum atomic E-state index is 13.0. The van der Waals surface area contributed by atoms with Gasteiger partial charge in [-0.15, -0.1) is 0 Å². The first-order valence-electron chi connectivity index (χ1n) is 9.09. The third kappa shape index (κ3) is 4.53. The van der Waals surface area contributed by atoms with Gasteiger partial charge in [-0.3, -0.25) is 0 Å². The van der Waals surface area contributed by atoms with E-state index in [0.29, 0.717) is 17.9 Å². The second-order valence-corrected chi connectivity index (χ2v) is 6.52. The molecule has 1 N–H and O–H groups in total. The fraction of sp³-hybridized carbons (Fsp3) is 0.238. The van der Waals surface area contributed by atoms with E-state index in [1.807, 2.05) is 30.3 Å². The molecule has 4 rings (SSSR count). The second kappa shape index (κ2) is 8.03. The molecule has 1 fully saturated rings. The lowest BCUT2D eigenvalue weighted by atomic mass is 10.0. The molecule has 0 amide bonds. The van der Waals surface area contributed by atoms with Gasteiger partial charge in [0.15, 0.2) is 0 Å². The Kier molecular flexibility index (Phi) is 5.14. The summed E-state index contributed by atoms with van der Waals surface area (Å²) in [7, 11) is 0. The fourth-order valence-corrected chi connectivity index (χ4v) is 3.16. The van der Waals surface area contributed by atoms with E-state index >= 15 is 0 Å². The van der Waals surface area contributed by atoms with Crippen LogP contribution in [0, 0.1) is 5.82 Å². The monoisotopic (exact) mass is 364 g/mol. The first-order chi connectivity index (χ1) is 13.3. The number of hydrogen-bond acceptors (Lipinski definition) is 5. The molecule has 0 spiro atoms. The highest BCUT2D eigenvalue weighted by Crippen LogP contribution is 2.23. The van der Waals surface area contributed by atoms with Crippen molar-refractivity contribution in [1.82, 2.24) is 9.97 Å². The number of benzene rings is 2. The number of hydrogen-bond donors (Lipinski definition) is 1. The van der Waals surface area contributed by atoms with E-state index in [0.717, 1.165) is 37.4 Å². The smallest absolute Gasteiger partial charge is 0.228 e. The van der Waals surface area contributed by atoms with Gasteiger partial charge in [0, 0.05) is 37.1 Å². The predicted octanol–water partition coefficient (Wildman–Crippen LogP) is 4.49. The molecule has 1 saturated heterocycles. The van der Waals surface area contributed by atoms with Crippen molar-refractivity contribution < 1.29 is 9.13 Å². The van der Waals surface area contributed by atoms with E-state index in [1.165, 1.54) is 12.1 Å². The molecular formula is C21H21FN4O. The Labute approximate surface area is 157 Å². The van der Waals surface area contributed by atoms with Crippen molar-refractivity contribution in [3.05, 3.63) is 72.7 Å². The van der Waals surface area contributed by atoms with Gasteiger partial charge in [-0.1, -0.05) is 18.2 Å². The van der Waals surface area contributed by atoms with Gasteiger partial charge in [0.2, 0.25) is 11.8 Å². The van der Waals surface area contributed by atoms with Crippen LogP contribution >= 0.6 is 0 Å². The number of nitrogens with one attached hydrogen (secondary N) is 1. The first-order valence-corrected chi connectivity index (χ1v) is 9.09. The number of aromatic nitrogens is 2. The predicted molar refractivity (Wildman–Crippen MR) is 104 cm³/mol. The second-order valence-electron chi connectivity index (χ2n) is 6.52. The van der Waals surface area contributed by atoms with Crippen molar-refractivity contribution in [2.24, 2.45) is 0 Å². The summed E-state index contributed by atoms with van der Waals surface area (Å²) in [5.74, 6) is 1.76. The van der Waals surface area contributed by atoms with E-state index in [4.69, 9.17) is 4.74 Å². The maximum absolute atomic E-state index is 13.0. The molecular weight excluding hydrogens is 343 g/mol. The van der Waals surface area contributed by atoms with Crippen molar-refractivity contribution in [3.63, 3.8) is 0 Å². The van der Waals surface area contributed by atoms with Crippen LogP contribution in [0.25, 0.3) is 0 Å². The van der Waals surface area contributed by atoms with Crippen molar-refractivity contribution in [2.45, 2.75) is 18.9 Å². The Morgan fingerprint density at radius 2 is 1.70 bits per heavy atom. The number of halogens is 1. The summed E-state index contributed by atoms with van der Waals surface area (Å²) in [5, 5.41) is 3.47. The minimum Gasteiger partial charge on any atom is -0.439 e. The molecule has 138 valence electrons. The van der Waals surface area contributed by atoms with E-state index in [9.17, 15) is 4.39 Å². The van der Waals surface area contributed by atoms with E-state index in [2.05, 4.69) is 20.2 Å². The van der Waals surface area contributed by atoms with E-state index in [-0.39, 0.29) is 5.82 Å². The van der Waals surface area contributed by atoms with Gasteiger partial charge < -0.3 is 15.0 Å². The Morgan fingerprint density at radius 3 is 2.44 bits per heavy atom. The average molecular weight is 364 g/mol. The van der Waals surface area contributed by atoms with Gasteiger partial charge in [-0.2, -0.15) is 4.98 Å². The number of nitrogens with zero attached hydrogens (tertiary/aromatic N) is 3. The minimum absolute atomic E-state index is 0.217. The molecule has 0 atom stereocenters. The van der Waals surface area contributed by atoms with Gasteiger partial charge in [0.05, 0.1) is 0 Å². The molecule has 6 heteroatoms. The van der Waals surface area contributed by atoms with Gasteiger partial charge >= 0.3 is 0 Å². The zero-order chi connectivity index (χ0) is 18.5. The van der Waals surface area contributed by atoms with Gasteiger partial charge in [0.25, 0.3) is 0 Å². The molecule has 27 heavy (non-hydrogen) atoms. The lowest BCUT2D eigenvalue weighted by Crippen LogP contribution is -2.39. The van der Waals surface area contributed by atoms with Crippen LogP contribution in [0.3, 0.4) is 0 Å². The summed E-state index contributed by atoms with van der Waals surface area (Å²) in [6, 6.07) is 18.2. The fourth-order valence-electron chi connectivity index (χ4n) is 3.16. The van der Waals surface area contributed by atoms with Crippen LogP contribution in [-0.2, 0) is 0 Å². The lowest BCUT2D eigenvalue weighted by Gasteiger charge is -2.32. The van der Waals surface area contributed by atoms with Crippen molar-refractivity contribution in [2.75, 3.05) is 23.3 Å². The van der Waals surface area contributed by atoms with Crippen LogP contribution < -0.4 is 15.0 Å². The molecule has 2 heterocycles. The molecule has 0 unspecified atom stereocenters. The molecule has 0 radical (unpaired) electrons. The van der Waals surface area contributed by atoms with Crippen LogP contribution in [0.4, 0.5) is 16.0 Å². The highest BCUT2D eigenvalue weighted by molar-refractivity contribution is 5.44. The molecule has 1 aliphatic heterocycles. The minimum atomic E-state index is -0.217. The molecule has 1 aliphatic rings. The topological polar surface area (TPSA) is 50.3 Å². The summed E-state index contributed by atoms with van der Waals surface area (Å²) in [6.45, 7) is 1.71. The Balaban J connectivity index is 1.35. The summed E-state index contributed by atoms with van der Waals surface area (Å²) >= 11 is 0. The summed E-state index contributed by atoms with van der Waals surface area (Å²) < 4.78 is 18.8. The van der Waals surface area contributed by atoms with Crippen LogP contribution in [0.1, 0.15) is 12.8 Å². The summed E-state index contributed by atoms with van der Waals surface area (Å²) in [4.78, 5) is 11.1. The van der Waals surface area contributed by atoms with Crippen LogP contribution in [0.2, 0.25) is 0 Å². The molecule has 0 bridgehead atoms. The third-order valence-electron chi connectivity index (χ3n) is 4.58. The molecule has 0 saturated carbocycles. The molecule has 2 aromatic carbocycles. The van der Waals surface area contributed by atoms with Crippen LogP contribution in [0.15, 0.2) is 66.9 Å². The standard InChI is InChI=1S/C21H21FN4O/c22-16-6-8-17(9-7-16)24-18-11-14-26(15-12-18)21-23-13-10-20(25-21)27-19-4-2-1-3-5-19/h1-10,13,18,24H,11-12,14-15H2. The van der Waals surface area contributed by atoms with Gasteiger partial charge in [-0.25, -0.2) is 9.37 Å². The van der Waals surface area contributed by atoms with Gasteiger partial charge in [0.1, 0.15) is 11.6 Å². The Hall–Kier alpha value is -3.15. The Bertz CT molecular complexity index is 865. The number of piperidine rings is 1. The van der Waals surface area contributed by atoms with Gasteiger partial charge in [-0.05, 0) is 49.2 Å². The van der Waals surface area contributed by atoms with Crippen molar-refractivity contribution in [1.29, 1.82) is 0 Å². The van der Waals surface area contributed by atoms with E-state index < -0.39 is 0 Å². The van der Waals surface area contributed by atoms with Crippen molar-refractivity contribution in [3.8, 4) is 11.6 Å². The largest absolute Gasteiger partial charge is 0.439 e. The number of rotatable bonds is 5. The number of para-hydroxylation sites is 1. The molecule has 1 aromatic heterocycles. The molecule has 5 nitrogen and oxygen atoms in total. The SMILES string of the molecule is Fc1ccc(NC2CCN(c3nccc(Oc4ccccc4)n3)CC2)cc1. The molecule has 0 aliphatic carbocycles.